The van der Waals surface area contributed by atoms with Crippen molar-refractivity contribution in [3.8, 4) is 5.75 Å². The van der Waals surface area contributed by atoms with Gasteiger partial charge in [-0.05, 0) is 18.6 Å². The Morgan fingerprint density at radius 2 is 2.38 bits per heavy atom. The van der Waals surface area contributed by atoms with Crippen molar-refractivity contribution in [2.45, 2.75) is 19.4 Å². The van der Waals surface area contributed by atoms with Gasteiger partial charge in [0.25, 0.3) is 0 Å². The van der Waals surface area contributed by atoms with E-state index in [1.807, 2.05) is 13.0 Å². The minimum atomic E-state index is -0.925. The molecular weight excluding hydrogens is 168 g/mol. The predicted octanol–water partition coefficient (Wildman–Crippen LogP) is 1.71. The fourth-order valence-electron chi connectivity index (χ4n) is 1.61. The normalized spacial score (nSPS) is 19.3. The number of rotatable bonds is 1. The van der Waals surface area contributed by atoms with Gasteiger partial charge in [-0.25, -0.2) is 4.79 Å². The summed E-state index contributed by atoms with van der Waals surface area (Å²) in [7, 11) is 0. The predicted molar refractivity (Wildman–Crippen MR) is 47.2 cm³/mol. The number of fused-ring (bicyclic) bond motifs is 1. The van der Waals surface area contributed by atoms with Crippen LogP contribution in [0.3, 0.4) is 0 Å². The zero-order valence-corrected chi connectivity index (χ0v) is 7.28. The first-order valence-electron chi connectivity index (χ1n) is 4.20. The fraction of sp³-hybridized carbons (Fsp3) is 0.300. The summed E-state index contributed by atoms with van der Waals surface area (Å²) < 4.78 is 5.42. The van der Waals surface area contributed by atoms with Crippen molar-refractivity contribution in [2.75, 3.05) is 0 Å². The van der Waals surface area contributed by atoms with Crippen LogP contribution in [0.1, 0.15) is 22.8 Å². The summed E-state index contributed by atoms with van der Waals surface area (Å²) in [4.78, 5) is 10.8. The third-order valence-electron chi connectivity index (χ3n) is 2.15. The largest absolute Gasteiger partial charge is 0.489 e. The Morgan fingerprint density at radius 3 is 3.08 bits per heavy atom. The van der Waals surface area contributed by atoms with E-state index in [1.54, 1.807) is 12.1 Å². The smallest absolute Gasteiger partial charge is 0.339 e. The van der Waals surface area contributed by atoms with Crippen LogP contribution in [-0.2, 0) is 6.42 Å². The highest BCUT2D eigenvalue weighted by Crippen LogP contribution is 2.32. The number of hydrogen-bond acceptors (Lipinski definition) is 2. The SMILES string of the molecule is CC1Cc2cccc(C(=O)O)c2O1. The van der Waals surface area contributed by atoms with E-state index >= 15 is 0 Å². The molecule has 0 saturated carbocycles. The van der Waals surface area contributed by atoms with Gasteiger partial charge in [-0.15, -0.1) is 0 Å². The number of carbonyl (C=O) groups is 1. The van der Waals surface area contributed by atoms with Crippen molar-refractivity contribution >= 4 is 5.97 Å². The van der Waals surface area contributed by atoms with E-state index in [4.69, 9.17) is 9.84 Å². The lowest BCUT2D eigenvalue weighted by molar-refractivity contribution is 0.0692. The van der Waals surface area contributed by atoms with Gasteiger partial charge in [0.05, 0.1) is 0 Å². The molecule has 3 heteroatoms. The van der Waals surface area contributed by atoms with Crippen molar-refractivity contribution < 1.29 is 14.6 Å². The number of hydrogen-bond donors (Lipinski definition) is 1. The Labute approximate surface area is 76.0 Å². The standard InChI is InChI=1S/C10H10O3/c1-6-5-7-3-2-4-8(10(11)12)9(7)13-6/h2-4,6H,5H2,1H3,(H,11,12). The molecule has 0 spiro atoms. The molecule has 1 unspecified atom stereocenters. The number of carboxylic acid groups (broad SMARTS) is 1. The molecule has 68 valence electrons. The van der Waals surface area contributed by atoms with Gasteiger partial charge in [0.2, 0.25) is 0 Å². The highest BCUT2D eigenvalue weighted by Gasteiger charge is 2.24. The number of carboxylic acids is 1. The van der Waals surface area contributed by atoms with Crippen LogP contribution in [0.4, 0.5) is 0 Å². The summed E-state index contributed by atoms with van der Waals surface area (Å²) >= 11 is 0. The molecule has 13 heavy (non-hydrogen) atoms. The van der Waals surface area contributed by atoms with Gasteiger partial charge in [0.15, 0.2) is 0 Å². The molecule has 0 aliphatic carbocycles. The molecule has 0 fully saturated rings. The summed E-state index contributed by atoms with van der Waals surface area (Å²) in [6.07, 6.45) is 0.895. The monoisotopic (exact) mass is 178 g/mol. The van der Waals surface area contributed by atoms with Crippen LogP contribution in [0.2, 0.25) is 0 Å². The first kappa shape index (κ1) is 8.10. The summed E-state index contributed by atoms with van der Waals surface area (Å²) in [5.74, 6) is -0.381. The molecule has 1 aromatic carbocycles. The number of para-hydroxylation sites is 1. The molecule has 1 heterocycles. The van der Waals surface area contributed by atoms with Crippen molar-refractivity contribution in [3.05, 3.63) is 29.3 Å². The summed E-state index contributed by atoms with van der Waals surface area (Å²) in [5.41, 5.74) is 1.26. The highest BCUT2D eigenvalue weighted by molar-refractivity contribution is 5.91. The molecule has 0 saturated heterocycles. The average Bonchev–Trinajstić information content (AvgIpc) is 2.43. The maximum absolute atomic E-state index is 10.8. The van der Waals surface area contributed by atoms with Gasteiger partial charge in [0.1, 0.15) is 17.4 Å². The van der Waals surface area contributed by atoms with Gasteiger partial charge in [0, 0.05) is 6.42 Å². The van der Waals surface area contributed by atoms with Crippen LogP contribution in [0.5, 0.6) is 5.75 Å². The Hall–Kier alpha value is -1.51. The van der Waals surface area contributed by atoms with E-state index in [0.29, 0.717) is 5.75 Å². The maximum atomic E-state index is 10.8. The minimum absolute atomic E-state index is 0.0931. The second-order valence-electron chi connectivity index (χ2n) is 3.23. The Morgan fingerprint density at radius 1 is 1.62 bits per heavy atom. The molecule has 1 N–H and O–H groups in total. The summed E-state index contributed by atoms with van der Waals surface area (Å²) in [5, 5.41) is 8.86. The Bertz CT molecular complexity index is 357. The zero-order valence-electron chi connectivity index (χ0n) is 7.28. The summed E-state index contributed by atoms with van der Waals surface area (Å²) in [6, 6.07) is 5.23. The topological polar surface area (TPSA) is 46.5 Å². The van der Waals surface area contributed by atoms with Crippen molar-refractivity contribution in [1.82, 2.24) is 0 Å². The number of benzene rings is 1. The van der Waals surface area contributed by atoms with Crippen LogP contribution in [0, 0.1) is 0 Å². The van der Waals surface area contributed by atoms with Crippen molar-refractivity contribution in [3.63, 3.8) is 0 Å². The lowest BCUT2D eigenvalue weighted by Crippen LogP contribution is -2.07. The van der Waals surface area contributed by atoms with Crippen LogP contribution < -0.4 is 4.74 Å². The van der Waals surface area contributed by atoms with E-state index < -0.39 is 5.97 Å². The second kappa shape index (κ2) is 2.76. The third-order valence-corrected chi connectivity index (χ3v) is 2.15. The second-order valence-corrected chi connectivity index (χ2v) is 3.23. The molecule has 3 nitrogen and oxygen atoms in total. The molecule has 1 aliphatic heterocycles. The van der Waals surface area contributed by atoms with Gasteiger partial charge in [-0.3, -0.25) is 0 Å². The van der Waals surface area contributed by atoms with E-state index in [9.17, 15) is 4.79 Å². The van der Waals surface area contributed by atoms with Crippen molar-refractivity contribution in [2.24, 2.45) is 0 Å². The van der Waals surface area contributed by atoms with E-state index in [2.05, 4.69) is 0 Å². The maximum Gasteiger partial charge on any atom is 0.339 e. The van der Waals surface area contributed by atoms with Gasteiger partial charge < -0.3 is 9.84 Å². The lowest BCUT2D eigenvalue weighted by atomic mass is 10.1. The van der Waals surface area contributed by atoms with Crippen LogP contribution in [0.25, 0.3) is 0 Å². The van der Waals surface area contributed by atoms with Crippen molar-refractivity contribution in [1.29, 1.82) is 0 Å². The van der Waals surface area contributed by atoms with E-state index in [-0.39, 0.29) is 11.7 Å². The van der Waals surface area contributed by atoms with Gasteiger partial charge >= 0.3 is 5.97 Å². The van der Waals surface area contributed by atoms with Crippen LogP contribution in [0.15, 0.2) is 18.2 Å². The molecule has 0 amide bonds. The minimum Gasteiger partial charge on any atom is -0.489 e. The fourth-order valence-corrected chi connectivity index (χ4v) is 1.61. The summed E-state index contributed by atoms with van der Waals surface area (Å²) in [6.45, 7) is 1.94. The Kier molecular flexibility index (Phi) is 1.72. The molecule has 0 aromatic heterocycles. The zero-order chi connectivity index (χ0) is 9.42. The van der Waals surface area contributed by atoms with Crippen LogP contribution >= 0.6 is 0 Å². The molecular formula is C10H10O3. The molecule has 0 bridgehead atoms. The first-order valence-corrected chi connectivity index (χ1v) is 4.20. The van der Waals surface area contributed by atoms with Gasteiger partial charge in [-0.2, -0.15) is 0 Å². The third kappa shape index (κ3) is 1.26. The molecule has 1 aromatic rings. The number of aromatic carboxylic acids is 1. The van der Waals surface area contributed by atoms with E-state index in [1.165, 1.54) is 0 Å². The lowest BCUT2D eigenvalue weighted by Gasteiger charge is -2.05. The molecule has 0 radical (unpaired) electrons. The quantitative estimate of drug-likeness (QED) is 0.712. The molecule has 2 rings (SSSR count). The van der Waals surface area contributed by atoms with Crippen LogP contribution in [-0.4, -0.2) is 17.2 Å². The van der Waals surface area contributed by atoms with E-state index in [0.717, 1.165) is 12.0 Å². The molecule has 1 aliphatic rings. The molecule has 1 atom stereocenters. The number of ether oxygens (including phenoxy) is 1. The first-order chi connectivity index (χ1) is 6.18. The van der Waals surface area contributed by atoms with Gasteiger partial charge in [-0.1, -0.05) is 12.1 Å². The Balaban J connectivity index is 2.51. The average molecular weight is 178 g/mol. The highest BCUT2D eigenvalue weighted by atomic mass is 16.5.